The lowest BCUT2D eigenvalue weighted by atomic mass is 10.1. The molecule has 6 nitrogen and oxygen atoms in total. The van der Waals surface area contributed by atoms with Crippen molar-refractivity contribution in [3.8, 4) is 0 Å². The Hall–Kier alpha value is -2.86. The van der Waals surface area contributed by atoms with Crippen molar-refractivity contribution in [2.45, 2.75) is 25.5 Å². The smallest absolute Gasteiger partial charge is 0.253 e. The van der Waals surface area contributed by atoms with Crippen LogP contribution >= 0.6 is 0 Å². The second-order valence-electron chi connectivity index (χ2n) is 7.02. The quantitative estimate of drug-likeness (QED) is 0.738. The van der Waals surface area contributed by atoms with Crippen molar-refractivity contribution in [3.05, 3.63) is 65.7 Å². The van der Waals surface area contributed by atoms with E-state index in [-0.39, 0.29) is 24.5 Å². The monoisotopic (exact) mass is 381 g/mol. The predicted octanol–water partition coefficient (Wildman–Crippen LogP) is 2.67. The van der Waals surface area contributed by atoms with Crippen molar-refractivity contribution >= 4 is 17.5 Å². The first-order chi connectivity index (χ1) is 13.6. The molecule has 0 radical (unpaired) electrons. The zero-order valence-corrected chi connectivity index (χ0v) is 16.2. The third-order valence-corrected chi connectivity index (χ3v) is 4.72. The van der Waals surface area contributed by atoms with Crippen LogP contribution < -0.4 is 10.6 Å². The van der Waals surface area contributed by atoms with E-state index in [2.05, 4.69) is 10.6 Å². The lowest BCUT2D eigenvalue weighted by Crippen LogP contribution is -2.35. The molecule has 1 atom stereocenters. The Kier molecular flexibility index (Phi) is 7.03. The minimum absolute atomic E-state index is 0.0599. The van der Waals surface area contributed by atoms with Crippen LogP contribution in [0, 0.1) is 0 Å². The van der Waals surface area contributed by atoms with Crippen molar-refractivity contribution in [2.24, 2.45) is 0 Å². The van der Waals surface area contributed by atoms with Crippen molar-refractivity contribution < 1.29 is 14.3 Å². The number of rotatable bonds is 8. The summed E-state index contributed by atoms with van der Waals surface area (Å²) >= 11 is 0. The largest absolute Gasteiger partial charge is 0.376 e. The average Bonchev–Trinajstić information content (AvgIpc) is 3.25. The second kappa shape index (κ2) is 9.90. The SMILES string of the molecule is CN(Cc1ccccc1)C(=O)c1cccc(NCC(=O)NCC2CCCO2)c1. The molecule has 2 N–H and O–H groups in total. The van der Waals surface area contributed by atoms with Gasteiger partial charge in [0.25, 0.3) is 5.91 Å². The van der Waals surface area contributed by atoms with Gasteiger partial charge in [-0.05, 0) is 36.6 Å². The van der Waals surface area contributed by atoms with Crippen LogP contribution in [0.15, 0.2) is 54.6 Å². The molecule has 1 saturated heterocycles. The Morgan fingerprint density at radius 1 is 1.14 bits per heavy atom. The molecule has 1 aliphatic rings. The van der Waals surface area contributed by atoms with Gasteiger partial charge in [-0.1, -0.05) is 36.4 Å². The van der Waals surface area contributed by atoms with E-state index < -0.39 is 0 Å². The van der Waals surface area contributed by atoms with E-state index >= 15 is 0 Å². The molecule has 0 aliphatic carbocycles. The maximum Gasteiger partial charge on any atom is 0.253 e. The van der Waals surface area contributed by atoms with Gasteiger partial charge in [-0.2, -0.15) is 0 Å². The molecule has 1 fully saturated rings. The van der Waals surface area contributed by atoms with Crippen LogP contribution in [-0.4, -0.2) is 49.6 Å². The van der Waals surface area contributed by atoms with Gasteiger partial charge in [0.1, 0.15) is 0 Å². The number of benzene rings is 2. The first kappa shape index (κ1) is 19.9. The van der Waals surface area contributed by atoms with Gasteiger partial charge in [0.15, 0.2) is 0 Å². The second-order valence-corrected chi connectivity index (χ2v) is 7.02. The lowest BCUT2D eigenvalue weighted by molar-refractivity contribution is -0.119. The van der Waals surface area contributed by atoms with Gasteiger partial charge in [0.05, 0.1) is 12.6 Å². The molecule has 3 rings (SSSR count). The number of ether oxygens (including phenoxy) is 1. The number of carbonyl (C=O) groups excluding carboxylic acids is 2. The highest BCUT2D eigenvalue weighted by Crippen LogP contribution is 2.14. The van der Waals surface area contributed by atoms with Gasteiger partial charge in [-0.25, -0.2) is 0 Å². The number of nitrogens with zero attached hydrogens (tertiary/aromatic N) is 1. The molecule has 2 aromatic rings. The van der Waals surface area contributed by atoms with Gasteiger partial charge in [0.2, 0.25) is 5.91 Å². The molecule has 1 unspecified atom stereocenters. The Morgan fingerprint density at radius 3 is 2.71 bits per heavy atom. The Bertz CT molecular complexity index is 789. The van der Waals surface area contributed by atoms with Crippen LogP contribution in [0.4, 0.5) is 5.69 Å². The van der Waals surface area contributed by atoms with E-state index in [0.717, 1.165) is 30.7 Å². The van der Waals surface area contributed by atoms with Crippen LogP contribution in [0.25, 0.3) is 0 Å². The molecule has 0 aromatic heterocycles. The number of hydrogen-bond acceptors (Lipinski definition) is 4. The first-order valence-electron chi connectivity index (χ1n) is 9.63. The maximum absolute atomic E-state index is 12.7. The summed E-state index contributed by atoms with van der Waals surface area (Å²) in [5.41, 5.74) is 2.41. The summed E-state index contributed by atoms with van der Waals surface area (Å²) in [6.07, 6.45) is 2.18. The number of nitrogens with one attached hydrogen (secondary N) is 2. The summed E-state index contributed by atoms with van der Waals surface area (Å²) < 4.78 is 5.50. The van der Waals surface area contributed by atoms with E-state index in [4.69, 9.17) is 4.74 Å². The van der Waals surface area contributed by atoms with Gasteiger partial charge in [0, 0.05) is 38.0 Å². The van der Waals surface area contributed by atoms with E-state index in [1.165, 1.54) is 0 Å². The van der Waals surface area contributed by atoms with Crippen LogP contribution in [0.3, 0.4) is 0 Å². The topological polar surface area (TPSA) is 70.7 Å². The Labute approximate surface area is 165 Å². The summed E-state index contributed by atoms with van der Waals surface area (Å²) in [4.78, 5) is 26.4. The summed E-state index contributed by atoms with van der Waals surface area (Å²) in [5.74, 6) is -0.149. The molecular weight excluding hydrogens is 354 g/mol. The molecule has 148 valence electrons. The number of hydrogen-bond donors (Lipinski definition) is 2. The van der Waals surface area contributed by atoms with Gasteiger partial charge in [-0.15, -0.1) is 0 Å². The number of amides is 2. The maximum atomic E-state index is 12.7. The minimum Gasteiger partial charge on any atom is -0.376 e. The zero-order chi connectivity index (χ0) is 19.8. The van der Waals surface area contributed by atoms with Crippen LogP contribution in [0.1, 0.15) is 28.8 Å². The van der Waals surface area contributed by atoms with Crippen molar-refractivity contribution in [2.75, 3.05) is 32.1 Å². The summed E-state index contributed by atoms with van der Waals surface area (Å²) in [7, 11) is 1.79. The van der Waals surface area contributed by atoms with Gasteiger partial charge < -0.3 is 20.3 Å². The predicted molar refractivity (Wildman–Crippen MR) is 109 cm³/mol. The average molecular weight is 381 g/mol. The zero-order valence-electron chi connectivity index (χ0n) is 16.2. The highest BCUT2D eigenvalue weighted by atomic mass is 16.5. The summed E-state index contributed by atoms with van der Waals surface area (Å²) in [6, 6.07) is 17.1. The van der Waals surface area contributed by atoms with E-state index in [9.17, 15) is 9.59 Å². The fraction of sp³-hybridized carbons (Fsp3) is 0.364. The molecule has 2 aromatic carbocycles. The lowest BCUT2D eigenvalue weighted by Gasteiger charge is -2.18. The number of anilines is 1. The summed E-state index contributed by atoms with van der Waals surface area (Å²) in [6.45, 7) is 2.02. The number of carbonyl (C=O) groups is 2. The van der Waals surface area contributed by atoms with E-state index in [1.54, 1.807) is 24.1 Å². The normalized spacial score (nSPS) is 15.8. The van der Waals surface area contributed by atoms with E-state index in [0.29, 0.717) is 18.7 Å². The molecule has 0 spiro atoms. The standard InChI is InChI=1S/C22H27N3O3/c1-25(16-17-7-3-2-4-8-17)22(27)18-9-5-10-19(13-18)23-15-21(26)24-14-20-11-6-12-28-20/h2-5,7-10,13,20,23H,6,11-12,14-16H2,1H3,(H,24,26). The third kappa shape index (κ3) is 5.82. The van der Waals surface area contributed by atoms with Crippen molar-refractivity contribution in [3.63, 3.8) is 0 Å². The molecular formula is C22H27N3O3. The Balaban J connectivity index is 1.49. The van der Waals surface area contributed by atoms with E-state index in [1.807, 2.05) is 42.5 Å². The fourth-order valence-electron chi connectivity index (χ4n) is 3.19. The van der Waals surface area contributed by atoms with Crippen molar-refractivity contribution in [1.29, 1.82) is 0 Å². The third-order valence-electron chi connectivity index (χ3n) is 4.72. The Morgan fingerprint density at radius 2 is 1.96 bits per heavy atom. The molecule has 2 amide bonds. The molecule has 28 heavy (non-hydrogen) atoms. The summed E-state index contributed by atoms with van der Waals surface area (Å²) in [5, 5.41) is 5.96. The van der Waals surface area contributed by atoms with Gasteiger partial charge >= 0.3 is 0 Å². The van der Waals surface area contributed by atoms with Crippen molar-refractivity contribution in [1.82, 2.24) is 10.2 Å². The van der Waals surface area contributed by atoms with Gasteiger partial charge in [-0.3, -0.25) is 9.59 Å². The molecule has 6 heteroatoms. The van der Waals surface area contributed by atoms with Crippen LogP contribution in [-0.2, 0) is 16.1 Å². The highest BCUT2D eigenvalue weighted by Gasteiger charge is 2.16. The first-order valence-corrected chi connectivity index (χ1v) is 9.63. The molecule has 0 bridgehead atoms. The molecule has 1 aliphatic heterocycles. The molecule has 1 heterocycles. The molecule has 0 saturated carbocycles. The van der Waals surface area contributed by atoms with Crippen LogP contribution in [0.2, 0.25) is 0 Å². The minimum atomic E-state index is -0.0894. The highest BCUT2D eigenvalue weighted by molar-refractivity contribution is 5.95. The fourth-order valence-corrected chi connectivity index (χ4v) is 3.19. The van der Waals surface area contributed by atoms with Crippen LogP contribution in [0.5, 0.6) is 0 Å².